The lowest BCUT2D eigenvalue weighted by Gasteiger charge is -2.39. The first-order valence-electron chi connectivity index (χ1n) is 5.93. The molecule has 5 heteroatoms. The van der Waals surface area contributed by atoms with Crippen molar-refractivity contribution >= 4 is 9.84 Å². The SMILES string of the molecule is CS(=O)(=O)C1CCCC1(O)C1CCOCC1. The first-order chi connectivity index (χ1) is 7.44. The average Bonchev–Trinajstić information content (AvgIpc) is 2.63. The van der Waals surface area contributed by atoms with E-state index in [0.29, 0.717) is 26.1 Å². The van der Waals surface area contributed by atoms with E-state index in [4.69, 9.17) is 4.74 Å². The zero-order chi connectivity index (χ0) is 11.8. The van der Waals surface area contributed by atoms with Crippen LogP contribution in [0, 0.1) is 5.92 Å². The Kier molecular flexibility index (Phi) is 3.29. The molecule has 0 bridgehead atoms. The maximum atomic E-state index is 11.7. The van der Waals surface area contributed by atoms with Gasteiger partial charge in [0.05, 0.1) is 10.9 Å². The van der Waals surface area contributed by atoms with Gasteiger partial charge in [-0.25, -0.2) is 8.42 Å². The molecule has 0 spiro atoms. The molecule has 0 amide bonds. The van der Waals surface area contributed by atoms with Crippen LogP contribution in [0.1, 0.15) is 32.1 Å². The van der Waals surface area contributed by atoms with Gasteiger partial charge in [-0.05, 0) is 38.0 Å². The molecule has 16 heavy (non-hydrogen) atoms. The Morgan fingerprint density at radius 2 is 1.88 bits per heavy atom. The van der Waals surface area contributed by atoms with Crippen LogP contribution in [0.2, 0.25) is 0 Å². The summed E-state index contributed by atoms with van der Waals surface area (Å²) in [4.78, 5) is 0. The molecular formula is C11H20O4S. The summed E-state index contributed by atoms with van der Waals surface area (Å²) in [6, 6.07) is 0. The molecule has 1 aliphatic heterocycles. The van der Waals surface area contributed by atoms with Crippen LogP contribution in [0.25, 0.3) is 0 Å². The second-order valence-electron chi connectivity index (χ2n) is 5.09. The van der Waals surface area contributed by atoms with Crippen LogP contribution in [0.5, 0.6) is 0 Å². The fourth-order valence-electron chi connectivity index (χ4n) is 3.23. The molecule has 2 atom stereocenters. The molecule has 0 aromatic heterocycles. The van der Waals surface area contributed by atoms with Crippen LogP contribution in [-0.4, -0.2) is 43.8 Å². The lowest BCUT2D eigenvalue weighted by molar-refractivity contribution is -0.0585. The topological polar surface area (TPSA) is 63.6 Å². The van der Waals surface area contributed by atoms with Crippen LogP contribution < -0.4 is 0 Å². The van der Waals surface area contributed by atoms with Gasteiger partial charge in [0.2, 0.25) is 0 Å². The maximum Gasteiger partial charge on any atom is 0.153 e. The van der Waals surface area contributed by atoms with Gasteiger partial charge < -0.3 is 9.84 Å². The zero-order valence-electron chi connectivity index (χ0n) is 9.68. The number of ether oxygens (including phenoxy) is 1. The van der Waals surface area contributed by atoms with E-state index in [0.717, 1.165) is 19.3 Å². The van der Waals surface area contributed by atoms with Gasteiger partial charge in [-0.15, -0.1) is 0 Å². The molecule has 0 radical (unpaired) electrons. The number of rotatable bonds is 2. The second kappa shape index (κ2) is 4.27. The van der Waals surface area contributed by atoms with Crippen molar-refractivity contribution in [2.45, 2.75) is 43.0 Å². The highest BCUT2D eigenvalue weighted by Crippen LogP contribution is 2.43. The molecule has 2 fully saturated rings. The molecule has 1 N–H and O–H groups in total. The molecule has 1 saturated carbocycles. The third-order valence-electron chi connectivity index (χ3n) is 4.05. The van der Waals surface area contributed by atoms with E-state index in [9.17, 15) is 13.5 Å². The molecule has 2 rings (SSSR count). The Bertz CT molecular complexity index is 345. The predicted octanol–water partition coefficient (Wildman–Crippen LogP) is 0.741. The van der Waals surface area contributed by atoms with Crippen molar-refractivity contribution in [3.63, 3.8) is 0 Å². The second-order valence-corrected chi connectivity index (χ2v) is 7.32. The van der Waals surface area contributed by atoms with Crippen LogP contribution in [0.15, 0.2) is 0 Å². The lowest BCUT2D eigenvalue weighted by Crippen LogP contribution is -2.49. The summed E-state index contributed by atoms with van der Waals surface area (Å²) in [7, 11) is -3.15. The first-order valence-corrected chi connectivity index (χ1v) is 7.89. The summed E-state index contributed by atoms with van der Waals surface area (Å²) >= 11 is 0. The first kappa shape index (κ1) is 12.3. The Morgan fingerprint density at radius 1 is 1.25 bits per heavy atom. The molecule has 2 unspecified atom stereocenters. The van der Waals surface area contributed by atoms with Crippen LogP contribution >= 0.6 is 0 Å². The predicted molar refractivity (Wildman–Crippen MR) is 61.0 cm³/mol. The maximum absolute atomic E-state index is 11.7. The molecule has 2 aliphatic rings. The summed E-state index contributed by atoms with van der Waals surface area (Å²) in [5, 5.41) is 10.1. The molecule has 1 heterocycles. The number of hydrogen-bond donors (Lipinski definition) is 1. The average molecular weight is 248 g/mol. The standard InChI is InChI=1S/C11H20O4S/c1-16(13,14)10-3-2-6-11(10,12)9-4-7-15-8-5-9/h9-10,12H,2-8H2,1H3. The highest BCUT2D eigenvalue weighted by molar-refractivity contribution is 7.91. The summed E-state index contributed by atoms with van der Waals surface area (Å²) < 4.78 is 28.7. The molecule has 1 saturated heterocycles. The van der Waals surface area contributed by atoms with Crippen molar-refractivity contribution in [1.82, 2.24) is 0 Å². The van der Waals surface area contributed by atoms with E-state index < -0.39 is 20.7 Å². The third-order valence-corrected chi connectivity index (χ3v) is 5.72. The summed E-state index contributed by atoms with van der Waals surface area (Å²) in [6.45, 7) is 1.28. The minimum Gasteiger partial charge on any atom is -0.388 e. The fraction of sp³-hybridized carbons (Fsp3) is 1.00. The van der Waals surface area contributed by atoms with Gasteiger partial charge in [0.15, 0.2) is 9.84 Å². The van der Waals surface area contributed by atoms with E-state index in [1.165, 1.54) is 6.26 Å². The van der Waals surface area contributed by atoms with E-state index in [1.54, 1.807) is 0 Å². The van der Waals surface area contributed by atoms with Crippen LogP contribution in [0.4, 0.5) is 0 Å². The van der Waals surface area contributed by atoms with Crippen LogP contribution in [-0.2, 0) is 14.6 Å². The molecule has 94 valence electrons. The monoisotopic (exact) mass is 248 g/mol. The van der Waals surface area contributed by atoms with Gasteiger partial charge in [-0.1, -0.05) is 0 Å². The van der Waals surface area contributed by atoms with E-state index in [2.05, 4.69) is 0 Å². The Balaban J connectivity index is 2.21. The van der Waals surface area contributed by atoms with Crippen molar-refractivity contribution in [3.8, 4) is 0 Å². The zero-order valence-corrected chi connectivity index (χ0v) is 10.5. The van der Waals surface area contributed by atoms with Gasteiger partial charge in [0.1, 0.15) is 0 Å². The summed E-state index contributed by atoms with van der Waals surface area (Å²) in [5.74, 6) is 0.0866. The highest BCUT2D eigenvalue weighted by atomic mass is 32.2. The largest absolute Gasteiger partial charge is 0.388 e. The molecular weight excluding hydrogens is 228 g/mol. The smallest absolute Gasteiger partial charge is 0.153 e. The van der Waals surface area contributed by atoms with E-state index >= 15 is 0 Å². The van der Waals surface area contributed by atoms with Crippen molar-refractivity contribution in [2.24, 2.45) is 5.92 Å². The number of sulfone groups is 1. The molecule has 4 nitrogen and oxygen atoms in total. The van der Waals surface area contributed by atoms with Gasteiger partial charge >= 0.3 is 0 Å². The Labute approximate surface area is 96.9 Å². The van der Waals surface area contributed by atoms with Gasteiger partial charge in [0, 0.05) is 19.5 Å². The highest BCUT2D eigenvalue weighted by Gasteiger charge is 2.51. The van der Waals surface area contributed by atoms with Crippen LogP contribution in [0.3, 0.4) is 0 Å². The molecule has 0 aromatic rings. The van der Waals surface area contributed by atoms with Gasteiger partial charge in [-0.2, -0.15) is 0 Å². The summed E-state index contributed by atoms with van der Waals surface area (Å²) in [5.41, 5.74) is -1.00. The quantitative estimate of drug-likeness (QED) is 0.783. The number of hydrogen-bond acceptors (Lipinski definition) is 4. The molecule has 1 aliphatic carbocycles. The van der Waals surface area contributed by atoms with Crippen molar-refractivity contribution in [3.05, 3.63) is 0 Å². The van der Waals surface area contributed by atoms with Gasteiger partial charge in [0.25, 0.3) is 0 Å². The van der Waals surface area contributed by atoms with Crippen molar-refractivity contribution in [1.29, 1.82) is 0 Å². The van der Waals surface area contributed by atoms with Crippen molar-refractivity contribution < 1.29 is 18.3 Å². The van der Waals surface area contributed by atoms with Gasteiger partial charge in [-0.3, -0.25) is 0 Å². The Hall–Kier alpha value is -0.130. The van der Waals surface area contributed by atoms with E-state index in [1.807, 2.05) is 0 Å². The minimum atomic E-state index is -3.15. The summed E-state index contributed by atoms with van der Waals surface area (Å²) in [6.07, 6.45) is 4.84. The normalized spacial score (nSPS) is 37.8. The van der Waals surface area contributed by atoms with E-state index in [-0.39, 0.29) is 5.92 Å². The van der Waals surface area contributed by atoms with Crippen molar-refractivity contribution in [2.75, 3.05) is 19.5 Å². The minimum absolute atomic E-state index is 0.0866. The Morgan fingerprint density at radius 3 is 2.44 bits per heavy atom. The molecule has 0 aromatic carbocycles. The fourth-order valence-corrected chi connectivity index (χ4v) is 4.88. The lowest BCUT2D eigenvalue weighted by atomic mass is 9.80. The number of aliphatic hydroxyl groups is 1. The third kappa shape index (κ3) is 2.13.